The highest BCUT2D eigenvalue weighted by Gasteiger charge is 2.24. The standard InChI is InChI=1S/C26H36N4O4/c1-5-12-27-23(31)17-30-13-10-20(11-14-30)28-24(32)21-15-18-8-6-7-9-19(18)16-22(21)29-25(33)34-26(2,3)4/h6-9,15-16,20H,5,10-14,17H2,1-4H3,(H,27,31)(H,28,32)(H,29,33). The van der Waals surface area contributed by atoms with E-state index in [0.717, 1.165) is 43.1 Å². The number of carbonyl (C=O) groups is 3. The Kier molecular flexibility index (Phi) is 8.50. The van der Waals surface area contributed by atoms with Gasteiger partial charge in [0.25, 0.3) is 5.91 Å². The van der Waals surface area contributed by atoms with Gasteiger partial charge in [-0.25, -0.2) is 4.79 Å². The van der Waals surface area contributed by atoms with Crippen LogP contribution in [0, 0.1) is 0 Å². The lowest BCUT2D eigenvalue weighted by molar-refractivity contribution is -0.122. The quantitative estimate of drug-likeness (QED) is 0.572. The van der Waals surface area contributed by atoms with Gasteiger partial charge in [0, 0.05) is 25.7 Å². The van der Waals surface area contributed by atoms with Gasteiger partial charge < -0.3 is 15.4 Å². The molecule has 0 aromatic heterocycles. The van der Waals surface area contributed by atoms with Crippen LogP contribution in [0.1, 0.15) is 57.3 Å². The van der Waals surface area contributed by atoms with Gasteiger partial charge >= 0.3 is 6.09 Å². The third-order valence-corrected chi connectivity index (χ3v) is 5.63. The number of piperidine rings is 1. The molecular formula is C26H36N4O4. The molecule has 8 nitrogen and oxygen atoms in total. The van der Waals surface area contributed by atoms with Crippen molar-refractivity contribution in [3.8, 4) is 0 Å². The molecule has 2 aromatic carbocycles. The number of likely N-dealkylation sites (tertiary alicyclic amines) is 1. The number of carbonyl (C=O) groups excluding carboxylic acids is 3. The largest absolute Gasteiger partial charge is 0.444 e. The van der Waals surface area contributed by atoms with E-state index in [1.165, 1.54) is 0 Å². The first kappa shape index (κ1) is 25.5. The van der Waals surface area contributed by atoms with E-state index in [1.54, 1.807) is 32.9 Å². The van der Waals surface area contributed by atoms with Crippen molar-refractivity contribution >= 4 is 34.4 Å². The molecule has 0 radical (unpaired) electrons. The molecule has 3 N–H and O–H groups in total. The van der Waals surface area contributed by atoms with Crippen LogP contribution >= 0.6 is 0 Å². The van der Waals surface area contributed by atoms with Gasteiger partial charge in [0.05, 0.1) is 17.8 Å². The summed E-state index contributed by atoms with van der Waals surface area (Å²) < 4.78 is 5.39. The van der Waals surface area contributed by atoms with Gasteiger partial charge in [-0.3, -0.25) is 19.8 Å². The van der Waals surface area contributed by atoms with Gasteiger partial charge in [0.2, 0.25) is 5.91 Å². The molecule has 1 aliphatic heterocycles. The van der Waals surface area contributed by atoms with Crippen LogP contribution in [0.25, 0.3) is 10.8 Å². The predicted octanol–water partition coefficient (Wildman–Crippen LogP) is 3.91. The van der Waals surface area contributed by atoms with Crippen LogP contribution < -0.4 is 16.0 Å². The minimum absolute atomic E-state index is 0.00306. The zero-order valence-electron chi connectivity index (χ0n) is 20.6. The number of hydrogen-bond donors (Lipinski definition) is 3. The number of anilines is 1. The number of nitrogens with zero attached hydrogens (tertiary/aromatic N) is 1. The Labute approximate surface area is 201 Å². The smallest absolute Gasteiger partial charge is 0.412 e. The summed E-state index contributed by atoms with van der Waals surface area (Å²) in [5.41, 5.74) is 0.159. The van der Waals surface area contributed by atoms with Crippen LogP contribution in [0.15, 0.2) is 36.4 Å². The van der Waals surface area contributed by atoms with Crippen molar-refractivity contribution < 1.29 is 19.1 Å². The third-order valence-electron chi connectivity index (χ3n) is 5.63. The summed E-state index contributed by atoms with van der Waals surface area (Å²) in [6.45, 7) is 9.96. The van der Waals surface area contributed by atoms with E-state index in [1.807, 2.05) is 31.2 Å². The molecule has 3 rings (SSSR count). The summed E-state index contributed by atoms with van der Waals surface area (Å²) in [6.07, 6.45) is 1.83. The van der Waals surface area contributed by atoms with E-state index in [2.05, 4.69) is 20.9 Å². The average molecular weight is 469 g/mol. The van der Waals surface area contributed by atoms with Crippen LogP contribution in [0.5, 0.6) is 0 Å². The van der Waals surface area contributed by atoms with Gasteiger partial charge in [-0.2, -0.15) is 0 Å². The van der Waals surface area contributed by atoms with E-state index < -0.39 is 11.7 Å². The fourth-order valence-corrected chi connectivity index (χ4v) is 3.97. The van der Waals surface area contributed by atoms with Crippen molar-refractivity contribution in [1.29, 1.82) is 0 Å². The lowest BCUT2D eigenvalue weighted by Gasteiger charge is -2.32. The number of fused-ring (bicyclic) bond motifs is 1. The number of nitrogens with one attached hydrogen (secondary N) is 3. The molecule has 0 bridgehead atoms. The van der Waals surface area contributed by atoms with Crippen molar-refractivity contribution in [2.75, 3.05) is 31.5 Å². The van der Waals surface area contributed by atoms with Crippen molar-refractivity contribution in [2.45, 2.75) is 58.6 Å². The Hall–Kier alpha value is -3.13. The second-order valence-electron chi connectivity index (χ2n) is 9.75. The average Bonchev–Trinajstić information content (AvgIpc) is 2.77. The minimum Gasteiger partial charge on any atom is -0.444 e. The van der Waals surface area contributed by atoms with E-state index in [4.69, 9.17) is 4.74 Å². The topological polar surface area (TPSA) is 99.8 Å². The highest BCUT2D eigenvalue weighted by atomic mass is 16.6. The summed E-state index contributed by atoms with van der Waals surface area (Å²) in [5.74, 6) is -0.200. The molecule has 34 heavy (non-hydrogen) atoms. The maximum Gasteiger partial charge on any atom is 0.412 e. The van der Waals surface area contributed by atoms with Crippen molar-refractivity contribution in [3.05, 3.63) is 42.0 Å². The Morgan fingerprint density at radius 1 is 1.06 bits per heavy atom. The van der Waals surface area contributed by atoms with Gasteiger partial charge in [0.1, 0.15) is 5.60 Å². The Bertz CT molecular complexity index is 1020. The second-order valence-corrected chi connectivity index (χ2v) is 9.75. The van der Waals surface area contributed by atoms with E-state index >= 15 is 0 Å². The predicted molar refractivity (Wildman–Crippen MR) is 134 cm³/mol. The number of hydrogen-bond acceptors (Lipinski definition) is 5. The van der Waals surface area contributed by atoms with Gasteiger partial charge in [0.15, 0.2) is 0 Å². The molecule has 1 saturated heterocycles. The lowest BCUT2D eigenvalue weighted by atomic mass is 10.0. The first-order chi connectivity index (χ1) is 16.1. The third kappa shape index (κ3) is 7.45. The SMILES string of the molecule is CCCNC(=O)CN1CCC(NC(=O)c2cc3ccccc3cc2NC(=O)OC(C)(C)C)CC1. The van der Waals surface area contributed by atoms with Crippen molar-refractivity contribution in [2.24, 2.45) is 0 Å². The number of ether oxygens (including phenoxy) is 1. The van der Waals surface area contributed by atoms with Crippen LogP contribution in [0.4, 0.5) is 10.5 Å². The molecule has 2 aromatic rings. The van der Waals surface area contributed by atoms with Crippen LogP contribution in [-0.4, -0.2) is 60.6 Å². The number of amides is 3. The summed E-state index contributed by atoms with van der Waals surface area (Å²) in [6, 6.07) is 11.3. The zero-order chi connectivity index (χ0) is 24.7. The highest BCUT2D eigenvalue weighted by Crippen LogP contribution is 2.25. The Balaban J connectivity index is 1.67. The second kappa shape index (κ2) is 11.3. The first-order valence-electron chi connectivity index (χ1n) is 12.0. The molecule has 0 saturated carbocycles. The number of benzene rings is 2. The molecule has 8 heteroatoms. The summed E-state index contributed by atoms with van der Waals surface area (Å²) in [4.78, 5) is 39.7. The normalized spacial score (nSPS) is 15.1. The molecule has 1 heterocycles. The van der Waals surface area contributed by atoms with Gasteiger partial charge in [-0.05, 0) is 62.9 Å². The monoisotopic (exact) mass is 468 g/mol. The minimum atomic E-state index is -0.648. The van der Waals surface area contributed by atoms with E-state index in [-0.39, 0.29) is 17.9 Å². The van der Waals surface area contributed by atoms with Crippen LogP contribution in [0.3, 0.4) is 0 Å². The maximum absolute atomic E-state index is 13.2. The molecule has 3 amide bonds. The zero-order valence-corrected chi connectivity index (χ0v) is 20.6. The molecule has 1 aliphatic rings. The summed E-state index contributed by atoms with van der Waals surface area (Å²) in [7, 11) is 0. The fraction of sp³-hybridized carbons (Fsp3) is 0.500. The van der Waals surface area contributed by atoms with Crippen LogP contribution in [-0.2, 0) is 9.53 Å². The molecule has 0 unspecified atom stereocenters. The molecule has 1 fully saturated rings. The molecule has 0 atom stereocenters. The lowest BCUT2D eigenvalue weighted by Crippen LogP contribution is -2.47. The van der Waals surface area contributed by atoms with E-state index in [0.29, 0.717) is 24.3 Å². The van der Waals surface area contributed by atoms with Crippen LogP contribution in [0.2, 0.25) is 0 Å². The fourth-order valence-electron chi connectivity index (χ4n) is 3.97. The molecule has 0 aliphatic carbocycles. The Morgan fingerprint density at radius 3 is 2.32 bits per heavy atom. The molecular weight excluding hydrogens is 432 g/mol. The maximum atomic E-state index is 13.2. The van der Waals surface area contributed by atoms with Crippen molar-refractivity contribution in [3.63, 3.8) is 0 Å². The van der Waals surface area contributed by atoms with Crippen molar-refractivity contribution in [1.82, 2.24) is 15.5 Å². The summed E-state index contributed by atoms with van der Waals surface area (Å²) in [5, 5.41) is 10.6. The van der Waals surface area contributed by atoms with E-state index in [9.17, 15) is 14.4 Å². The number of rotatable bonds is 7. The summed E-state index contributed by atoms with van der Waals surface area (Å²) >= 11 is 0. The molecule has 0 spiro atoms. The first-order valence-corrected chi connectivity index (χ1v) is 12.0. The van der Waals surface area contributed by atoms with Gasteiger partial charge in [-0.15, -0.1) is 0 Å². The molecule has 184 valence electrons. The highest BCUT2D eigenvalue weighted by molar-refractivity contribution is 6.07. The van der Waals surface area contributed by atoms with Gasteiger partial charge in [-0.1, -0.05) is 31.2 Å². The Morgan fingerprint density at radius 2 is 1.71 bits per heavy atom.